The van der Waals surface area contributed by atoms with Crippen LogP contribution in [0.2, 0.25) is 5.02 Å². The highest BCUT2D eigenvalue weighted by Gasteiger charge is 2.15. The highest BCUT2D eigenvalue weighted by Crippen LogP contribution is 2.22. The fourth-order valence-electron chi connectivity index (χ4n) is 2.73. The van der Waals surface area contributed by atoms with Crippen molar-refractivity contribution in [3.63, 3.8) is 0 Å². The molecule has 0 spiro atoms. The third kappa shape index (κ3) is 4.62. The number of benzene rings is 3. The first-order valence-corrected chi connectivity index (χ1v) is 8.86. The fraction of sp³-hybridized carbons (Fsp3) is 0.0870. The van der Waals surface area contributed by atoms with Crippen molar-refractivity contribution >= 4 is 23.6 Å². The fourth-order valence-corrected chi connectivity index (χ4v) is 2.93. The van der Waals surface area contributed by atoms with Gasteiger partial charge in [0.15, 0.2) is 0 Å². The minimum absolute atomic E-state index is 0.167. The largest absolute Gasteiger partial charge is 0.342 e. The topological polar surface area (TPSA) is 29.1 Å². The van der Waals surface area contributed by atoms with Gasteiger partial charge in [-0.1, -0.05) is 90.0 Å². The van der Waals surface area contributed by atoms with E-state index in [1.807, 2.05) is 67.6 Å². The molecule has 0 aromatic heterocycles. The second-order valence-corrected chi connectivity index (χ2v) is 6.53. The summed E-state index contributed by atoms with van der Waals surface area (Å²) in [4.78, 5) is 12.5. The first-order chi connectivity index (χ1) is 12.6. The SMILES string of the molecule is Cc1ccc(C(NC(=O)/C=C/c2ccccc2Cl)c2ccccc2)cc1. The lowest BCUT2D eigenvalue weighted by Crippen LogP contribution is -2.27. The van der Waals surface area contributed by atoms with Crippen molar-refractivity contribution < 1.29 is 4.79 Å². The Hall–Kier alpha value is -2.84. The van der Waals surface area contributed by atoms with Crippen LogP contribution in [0.25, 0.3) is 6.08 Å². The van der Waals surface area contributed by atoms with Gasteiger partial charge in [-0.2, -0.15) is 0 Å². The summed E-state index contributed by atoms with van der Waals surface area (Å²) >= 11 is 6.14. The van der Waals surface area contributed by atoms with E-state index < -0.39 is 0 Å². The van der Waals surface area contributed by atoms with Crippen molar-refractivity contribution in [1.29, 1.82) is 0 Å². The maximum Gasteiger partial charge on any atom is 0.244 e. The lowest BCUT2D eigenvalue weighted by atomic mass is 9.98. The number of halogens is 1. The summed E-state index contributed by atoms with van der Waals surface area (Å²) in [5.41, 5.74) is 4.08. The van der Waals surface area contributed by atoms with Crippen LogP contribution in [0.1, 0.15) is 28.3 Å². The van der Waals surface area contributed by atoms with Crippen molar-refractivity contribution in [3.8, 4) is 0 Å². The summed E-state index contributed by atoms with van der Waals surface area (Å²) in [6, 6.07) is 25.4. The number of carbonyl (C=O) groups excluding carboxylic acids is 1. The monoisotopic (exact) mass is 361 g/mol. The Balaban J connectivity index is 1.83. The molecule has 1 unspecified atom stereocenters. The smallest absolute Gasteiger partial charge is 0.244 e. The number of hydrogen-bond donors (Lipinski definition) is 1. The van der Waals surface area contributed by atoms with Crippen LogP contribution in [0.15, 0.2) is 84.9 Å². The van der Waals surface area contributed by atoms with Gasteiger partial charge in [0.25, 0.3) is 0 Å². The van der Waals surface area contributed by atoms with Crippen molar-refractivity contribution in [3.05, 3.63) is 112 Å². The number of aryl methyl sites for hydroxylation is 1. The van der Waals surface area contributed by atoms with Crippen LogP contribution in [-0.2, 0) is 4.79 Å². The lowest BCUT2D eigenvalue weighted by molar-refractivity contribution is -0.116. The standard InChI is InChI=1S/C23H20ClNO/c1-17-11-13-20(14-12-17)23(19-8-3-2-4-9-19)25-22(26)16-15-18-7-5-6-10-21(18)24/h2-16,23H,1H3,(H,25,26)/b16-15+. The molecular weight excluding hydrogens is 342 g/mol. The van der Waals surface area contributed by atoms with Gasteiger partial charge in [0, 0.05) is 11.1 Å². The third-order valence-electron chi connectivity index (χ3n) is 4.15. The molecule has 3 aromatic carbocycles. The van der Waals surface area contributed by atoms with Crippen LogP contribution in [0.3, 0.4) is 0 Å². The van der Waals surface area contributed by atoms with E-state index >= 15 is 0 Å². The number of nitrogens with one attached hydrogen (secondary N) is 1. The van der Waals surface area contributed by atoms with Crippen LogP contribution in [0.5, 0.6) is 0 Å². The van der Waals surface area contributed by atoms with Gasteiger partial charge in [-0.05, 0) is 35.8 Å². The Kier molecular flexibility index (Phi) is 5.88. The van der Waals surface area contributed by atoms with Gasteiger partial charge in [-0.3, -0.25) is 4.79 Å². The molecule has 0 aliphatic carbocycles. The van der Waals surface area contributed by atoms with Gasteiger partial charge in [-0.15, -0.1) is 0 Å². The molecule has 26 heavy (non-hydrogen) atoms. The van der Waals surface area contributed by atoms with Crippen LogP contribution in [-0.4, -0.2) is 5.91 Å². The van der Waals surface area contributed by atoms with Gasteiger partial charge in [0.05, 0.1) is 6.04 Å². The molecule has 1 amide bonds. The molecule has 0 aliphatic rings. The minimum Gasteiger partial charge on any atom is -0.342 e. The van der Waals surface area contributed by atoms with Crippen molar-refractivity contribution in [2.24, 2.45) is 0 Å². The van der Waals surface area contributed by atoms with Crippen LogP contribution >= 0.6 is 11.6 Å². The predicted molar refractivity (Wildman–Crippen MR) is 108 cm³/mol. The molecule has 0 radical (unpaired) electrons. The maximum absolute atomic E-state index is 12.5. The molecular formula is C23H20ClNO. The minimum atomic E-state index is -0.208. The van der Waals surface area contributed by atoms with E-state index in [4.69, 9.17) is 11.6 Å². The molecule has 1 N–H and O–H groups in total. The molecule has 0 heterocycles. The second kappa shape index (κ2) is 8.50. The van der Waals surface area contributed by atoms with Gasteiger partial charge in [0.2, 0.25) is 5.91 Å². The normalized spacial score (nSPS) is 12.1. The zero-order valence-electron chi connectivity index (χ0n) is 14.5. The van der Waals surface area contributed by atoms with Crippen molar-refractivity contribution in [1.82, 2.24) is 5.32 Å². The van der Waals surface area contributed by atoms with Crippen molar-refractivity contribution in [2.45, 2.75) is 13.0 Å². The van der Waals surface area contributed by atoms with Gasteiger partial charge in [-0.25, -0.2) is 0 Å². The van der Waals surface area contributed by atoms with Gasteiger partial charge >= 0.3 is 0 Å². The summed E-state index contributed by atoms with van der Waals surface area (Å²) in [5.74, 6) is -0.167. The first-order valence-electron chi connectivity index (χ1n) is 8.48. The number of amides is 1. The lowest BCUT2D eigenvalue weighted by Gasteiger charge is -2.19. The van der Waals surface area contributed by atoms with E-state index in [9.17, 15) is 4.79 Å². The summed E-state index contributed by atoms with van der Waals surface area (Å²) in [7, 11) is 0. The van der Waals surface area contributed by atoms with Gasteiger partial charge < -0.3 is 5.32 Å². The maximum atomic E-state index is 12.5. The van der Waals surface area contributed by atoms with E-state index in [0.29, 0.717) is 5.02 Å². The molecule has 0 bridgehead atoms. The molecule has 2 nitrogen and oxygen atoms in total. The summed E-state index contributed by atoms with van der Waals surface area (Å²) in [6.45, 7) is 2.05. The molecule has 0 saturated heterocycles. The Morgan fingerprint density at radius 3 is 2.19 bits per heavy atom. The molecule has 3 rings (SSSR count). The van der Waals surface area contributed by atoms with Gasteiger partial charge in [0.1, 0.15) is 0 Å². The summed E-state index contributed by atoms with van der Waals surface area (Å²) in [6.07, 6.45) is 3.25. The molecule has 1 atom stereocenters. The van der Waals surface area contributed by atoms with E-state index in [2.05, 4.69) is 17.4 Å². The molecule has 130 valence electrons. The van der Waals surface area contributed by atoms with E-state index in [0.717, 1.165) is 16.7 Å². The first kappa shape index (κ1) is 18.0. The Morgan fingerprint density at radius 2 is 1.50 bits per heavy atom. The predicted octanol–water partition coefficient (Wildman–Crippen LogP) is 5.57. The van der Waals surface area contributed by atoms with E-state index in [1.54, 1.807) is 12.1 Å². The zero-order valence-corrected chi connectivity index (χ0v) is 15.3. The van der Waals surface area contributed by atoms with Crippen LogP contribution < -0.4 is 5.32 Å². The second-order valence-electron chi connectivity index (χ2n) is 6.12. The highest BCUT2D eigenvalue weighted by molar-refractivity contribution is 6.32. The Labute approximate surface area is 159 Å². The molecule has 0 aliphatic heterocycles. The zero-order chi connectivity index (χ0) is 18.4. The van der Waals surface area contributed by atoms with E-state index in [1.165, 1.54) is 11.6 Å². The molecule has 3 aromatic rings. The Morgan fingerprint density at radius 1 is 0.885 bits per heavy atom. The highest BCUT2D eigenvalue weighted by atomic mass is 35.5. The molecule has 0 saturated carbocycles. The summed E-state index contributed by atoms with van der Waals surface area (Å²) in [5, 5.41) is 3.71. The van der Waals surface area contributed by atoms with Crippen molar-refractivity contribution in [2.75, 3.05) is 0 Å². The van der Waals surface area contributed by atoms with Crippen LogP contribution in [0.4, 0.5) is 0 Å². The molecule has 3 heteroatoms. The van der Waals surface area contributed by atoms with Crippen LogP contribution in [0, 0.1) is 6.92 Å². The number of rotatable bonds is 5. The number of carbonyl (C=O) groups is 1. The van der Waals surface area contributed by atoms with E-state index in [-0.39, 0.29) is 11.9 Å². The molecule has 0 fully saturated rings. The Bertz CT molecular complexity index is 901. The number of hydrogen-bond acceptors (Lipinski definition) is 1. The quantitative estimate of drug-likeness (QED) is 0.591. The average molecular weight is 362 g/mol. The third-order valence-corrected chi connectivity index (χ3v) is 4.49. The average Bonchev–Trinajstić information content (AvgIpc) is 2.67. The summed E-state index contributed by atoms with van der Waals surface area (Å²) < 4.78 is 0.